The lowest BCUT2D eigenvalue weighted by molar-refractivity contribution is -0.120. The monoisotopic (exact) mass is 299 g/mol. The zero-order valence-corrected chi connectivity index (χ0v) is 13.4. The largest absolute Gasteiger partial charge is 0.355 e. The molecule has 1 N–H and O–H groups in total. The van der Waals surface area contributed by atoms with Gasteiger partial charge in [0.25, 0.3) is 0 Å². The van der Waals surface area contributed by atoms with Gasteiger partial charge < -0.3 is 5.32 Å². The first-order valence-electron chi connectivity index (χ1n) is 6.76. The molecule has 0 fully saturated rings. The van der Waals surface area contributed by atoms with Crippen LogP contribution in [0.3, 0.4) is 0 Å². The summed E-state index contributed by atoms with van der Waals surface area (Å²) in [6, 6.07) is 7.58. The highest BCUT2D eigenvalue weighted by Gasteiger charge is 2.15. The van der Waals surface area contributed by atoms with E-state index in [0.29, 0.717) is 5.92 Å². The number of rotatable bonds is 7. The van der Waals surface area contributed by atoms with Crippen molar-refractivity contribution in [3.63, 3.8) is 0 Å². The topological polar surface area (TPSA) is 29.1 Å². The zero-order chi connectivity index (χ0) is 14.3. The summed E-state index contributed by atoms with van der Waals surface area (Å²) in [7, 11) is 0. The summed E-state index contributed by atoms with van der Waals surface area (Å²) in [6.45, 7) is 7.03. The van der Waals surface area contributed by atoms with Crippen LogP contribution in [-0.2, 0) is 4.79 Å². The fraction of sp³-hybridized carbons (Fsp3) is 0.533. The second kappa shape index (κ2) is 8.49. The lowest BCUT2D eigenvalue weighted by Gasteiger charge is -2.16. The number of hydrogen-bond acceptors (Lipinski definition) is 2. The standard InChI is InChI=1S/C15H22ClNOS/c1-4-12(5-2)10-17-15(18)11(3)19-14-8-6-13(16)7-9-14/h6-9,11-12H,4-5,10H2,1-3H3,(H,17,18). The molecule has 0 aliphatic heterocycles. The van der Waals surface area contributed by atoms with Gasteiger partial charge in [0.15, 0.2) is 0 Å². The summed E-state index contributed by atoms with van der Waals surface area (Å²) in [5, 5.41) is 3.66. The lowest BCUT2D eigenvalue weighted by Crippen LogP contribution is -2.34. The predicted molar refractivity (Wildman–Crippen MR) is 83.9 cm³/mol. The summed E-state index contributed by atoms with van der Waals surface area (Å²) in [4.78, 5) is 13.1. The maximum Gasteiger partial charge on any atom is 0.233 e. The van der Waals surface area contributed by atoms with Crippen molar-refractivity contribution in [2.75, 3.05) is 6.54 Å². The van der Waals surface area contributed by atoms with Gasteiger partial charge in [-0.15, -0.1) is 11.8 Å². The Balaban J connectivity index is 2.42. The number of halogens is 1. The number of carbonyl (C=O) groups is 1. The van der Waals surface area contributed by atoms with Gasteiger partial charge in [-0.1, -0.05) is 38.3 Å². The van der Waals surface area contributed by atoms with E-state index < -0.39 is 0 Å². The number of amides is 1. The number of benzene rings is 1. The third-order valence-corrected chi connectivity index (χ3v) is 4.58. The minimum atomic E-state index is -0.0875. The van der Waals surface area contributed by atoms with Crippen LogP contribution in [0.2, 0.25) is 5.02 Å². The average Bonchev–Trinajstić information content (AvgIpc) is 2.42. The van der Waals surface area contributed by atoms with Crippen LogP contribution in [0.15, 0.2) is 29.2 Å². The fourth-order valence-corrected chi connectivity index (χ4v) is 2.75. The summed E-state index contributed by atoms with van der Waals surface area (Å²) < 4.78 is 0. The van der Waals surface area contributed by atoms with Crippen molar-refractivity contribution in [1.82, 2.24) is 5.32 Å². The Hall–Kier alpha value is -0.670. The van der Waals surface area contributed by atoms with Crippen LogP contribution in [0.4, 0.5) is 0 Å². The van der Waals surface area contributed by atoms with Crippen LogP contribution in [-0.4, -0.2) is 17.7 Å². The molecule has 0 heterocycles. The Morgan fingerprint density at radius 3 is 2.37 bits per heavy atom. The Labute approximate surface area is 125 Å². The Morgan fingerprint density at radius 2 is 1.84 bits per heavy atom. The van der Waals surface area contributed by atoms with Gasteiger partial charge in [-0.25, -0.2) is 0 Å². The molecule has 0 spiro atoms. The Bertz CT molecular complexity index is 390. The van der Waals surface area contributed by atoms with Crippen LogP contribution >= 0.6 is 23.4 Å². The molecule has 19 heavy (non-hydrogen) atoms. The van der Waals surface area contributed by atoms with E-state index in [1.165, 1.54) is 0 Å². The summed E-state index contributed by atoms with van der Waals surface area (Å²) in [6.07, 6.45) is 2.21. The Kier molecular flexibility index (Phi) is 7.32. The number of nitrogens with one attached hydrogen (secondary N) is 1. The maximum absolute atomic E-state index is 12.0. The van der Waals surface area contributed by atoms with Gasteiger partial charge in [-0.05, 0) is 37.1 Å². The smallest absolute Gasteiger partial charge is 0.233 e. The zero-order valence-electron chi connectivity index (χ0n) is 11.8. The minimum Gasteiger partial charge on any atom is -0.355 e. The van der Waals surface area contributed by atoms with Gasteiger partial charge in [0.05, 0.1) is 5.25 Å². The van der Waals surface area contributed by atoms with Gasteiger partial charge in [0, 0.05) is 16.5 Å². The van der Waals surface area contributed by atoms with Crippen molar-refractivity contribution in [3.05, 3.63) is 29.3 Å². The maximum atomic E-state index is 12.0. The number of carbonyl (C=O) groups excluding carboxylic acids is 1. The molecule has 1 amide bonds. The first-order chi connectivity index (χ1) is 9.06. The van der Waals surface area contributed by atoms with Crippen LogP contribution < -0.4 is 5.32 Å². The van der Waals surface area contributed by atoms with Crippen LogP contribution in [0.5, 0.6) is 0 Å². The molecular weight excluding hydrogens is 278 g/mol. The molecule has 106 valence electrons. The molecule has 0 aliphatic carbocycles. The highest BCUT2D eigenvalue weighted by Crippen LogP contribution is 2.24. The highest BCUT2D eigenvalue weighted by atomic mass is 35.5. The SMILES string of the molecule is CCC(CC)CNC(=O)C(C)Sc1ccc(Cl)cc1. The molecule has 4 heteroatoms. The quantitative estimate of drug-likeness (QED) is 0.757. The number of hydrogen-bond donors (Lipinski definition) is 1. The fourth-order valence-electron chi connectivity index (χ4n) is 1.74. The molecule has 1 rings (SSSR count). The van der Waals surface area contributed by atoms with Crippen molar-refractivity contribution in [2.45, 2.75) is 43.8 Å². The molecule has 1 aromatic carbocycles. The van der Waals surface area contributed by atoms with Crippen molar-refractivity contribution in [2.24, 2.45) is 5.92 Å². The van der Waals surface area contributed by atoms with Crippen molar-refractivity contribution >= 4 is 29.3 Å². The second-order valence-corrected chi connectivity index (χ2v) is 6.49. The van der Waals surface area contributed by atoms with Gasteiger partial charge in [-0.2, -0.15) is 0 Å². The second-order valence-electron chi connectivity index (χ2n) is 4.64. The van der Waals surface area contributed by atoms with Gasteiger partial charge >= 0.3 is 0 Å². The molecule has 1 unspecified atom stereocenters. The molecule has 1 aromatic rings. The molecule has 0 saturated carbocycles. The van der Waals surface area contributed by atoms with E-state index in [1.807, 2.05) is 31.2 Å². The van der Waals surface area contributed by atoms with Gasteiger partial charge in [0.2, 0.25) is 5.91 Å². The molecule has 0 aromatic heterocycles. The third-order valence-electron chi connectivity index (χ3n) is 3.22. The van der Waals surface area contributed by atoms with E-state index in [1.54, 1.807) is 11.8 Å². The average molecular weight is 300 g/mol. The van der Waals surface area contributed by atoms with Crippen LogP contribution in [0.1, 0.15) is 33.6 Å². The van der Waals surface area contributed by atoms with E-state index in [0.717, 1.165) is 29.3 Å². The predicted octanol–water partition coefficient (Wildman–Crippen LogP) is 4.37. The third kappa shape index (κ3) is 5.87. The van der Waals surface area contributed by atoms with Crippen molar-refractivity contribution in [1.29, 1.82) is 0 Å². The van der Waals surface area contributed by atoms with Crippen LogP contribution in [0.25, 0.3) is 0 Å². The normalized spacial score (nSPS) is 12.5. The highest BCUT2D eigenvalue weighted by molar-refractivity contribution is 8.00. The van der Waals surface area contributed by atoms with Crippen molar-refractivity contribution in [3.8, 4) is 0 Å². The first-order valence-corrected chi connectivity index (χ1v) is 8.02. The van der Waals surface area contributed by atoms with E-state index in [-0.39, 0.29) is 11.2 Å². The van der Waals surface area contributed by atoms with E-state index >= 15 is 0 Å². The van der Waals surface area contributed by atoms with Gasteiger partial charge in [-0.3, -0.25) is 4.79 Å². The molecule has 0 aliphatic rings. The minimum absolute atomic E-state index is 0.0875. The van der Waals surface area contributed by atoms with Crippen LogP contribution in [0, 0.1) is 5.92 Å². The summed E-state index contributed by atoms with van der Waals surface area (Å²) in [5.41, 5.74) is 0. The van der Waals surface area contributed by atoms with E-state index in [2.05, 4.69) is 19.2 Å². The molecule has 0 bridgehead atoms. The van der Waals surface area contributed by atoms with E-state index in [9.17, 15) is 4.79 Å². The molecule has 0 radical (unpaired) electrons. The first kappa shape index (κ1) is 16.4. The summed E-state index contributed by atoms with van der Waals surface area (Å²) >= 11 is 7.40. The van der Waals surface area contributed by atoms with Gasteiger partial charge in [0.1, 0.15) is 0 Å². The molecular formula is C15H22ClNOS. The Morgan fingerprint density at radius 1 is 1.26 bits per heavy atom. The number of thioether (sulfide) groups is 1. The lowest BCUT2D eigenvalue weighted by atomic mass is 10.0. The molecule has 0 saturated heterocycles. The molecule has 2 nitrogen and oxygen atoms in total. The van der Waals surface area contributed by atoms with Crippen molar-refractivity contribution < 1.29 is 4.79 Å². The summed E-state index contributed by atoms with van der Waals surface area (Å²) in [5.74, 6) is 0.684. The van der Waals surface area contributed by atoms with E-state index in [4.69, 9.17) is 11.6 Å². The molecule has 1 atom stereocenters.